The molecule has 0 unspecified atom stereocenters. The summed E-state index contributed by atoms with van der Waals surface area (Å²) in [5, 5.41) is 5.91. The van der Waals surface area contributed by atoms with Crippen molar-refractivity contribution in [1.82, 2.24) is 9.66 Å². The van der Waals surface area contributed by atoms with E-state index >= 15 is 0 Å². The minimum atomic E-state index is -0.297. The molecule has 0 saturated carbocycles. The number of rotatable bonds is 7. The van der Waals surface area contributed by atoms with Crippen LogP contribution in [0.25, 0.3) is 33.5 Å². The van der Waals surface area contributed by atoms with Crippen molar-refractivity contribution in [2.24, 2.45) is 5.10 Å². The molecular formula is C31H22BrN3O4. The van der Waals surface area contributed by atoms with Crippen LogP contribution in [0, 0.1) is 0 Å². The molecule has 2 aromatic heterocycles. The predicted molar refractivity (Wildman–Crippen MR) is 156 cm³/mol. The van der Waals surface area contributed by atoms with E-state index in [0.717, 1.165) is 21.0 Å². The van der Waals surface area contributed by atoms with Crippen LogP contribution < -0.4 is 15.0 Å². The first-order chi connectivity index (χ1) is 19.1. The standard InChI is InChI=1S/C31H22BrN3O4/c1-37-28-16-21(12-15-27(28)38-19-20-10-13-23(32)14-11-20)18-33-35-30(29-17-22-6-2-5-9-26(22)39-29)34-25-8-4-3-7-24(25)31(35)36/h2-18H,19H2,1H3. The van der Waals surface area contributed by atoms with Crippen LogP contribution in [0.3, 0.4) is 0 Å². The summed E-state index contributed by atoms with van der Waals surface area (Å²) in [7, 11) is 1.58. The van der Waals surface area contributed by atoms with Gasteiger partial charge in [0.1, 0.15) is 12.2 Å². The van der Waals surface area contributed by atoms with Crippen LogP contribution in [0.1, 0.15) is 11.1 Å². The molecule has 0 aliphatic heterocycles. The second kappa shape index (κ2) is 10.6. The van der Waals surface area contributed by atoms with Gasteiger partial charge in [-0.25, -0.2) is 4.98 Å². The van der Waals surface area contributed by atoms with Crippen LogP contribution in [0.2, 0.25) is 0 Å². The van der Waals surface area contributed by atoms with Gasteiger partial charge in [-0.15, -0.1) is 0 Å². The van der Waals surface area contributed by atoms with E-state index in [4.69, 9.17) is 18.9 Å². The van der Waals surface area contributed by atoms with Crippen LogP contribution >= 0.6 is 15.9 Å². The minimum absolute atomic E-state index is 0.297. The number of aromatic nitrogens is 2. The number of furan rings is 1. The lowest BCUT2D eigenvalue weighted by molar-refractivity contribution is 0.284. The average Bonchev–Trinajstić information content (AvgIpc) is 3.41. The Morgan fingerprint density at radius 3 is 2.56 bits per heavy atom. The second-order valence-electron chi connectivity index (χ2n) is 8.79. The Hall–Kier alpha value is -4.69. The van der Waals surface area contributed by atoms with Gasteiger partial charge in [-0.3, -0.25) is 4.79 Å². The molecule has 6 aromatic rings. The van der Waals surface area contributed by atoms with E-state index in [1.165, 1.54) is 4.68 Å². The highest BCUT2D eigenvalue weighted by molar-refractivity contribution is 9.10. The Morgan fingerprint density at radius 2 is 1.74 bits per heavy atom. The van der Waals surface area contributed by atoms with Gasteiger partial charge in [0.05, 0.1) is 24.2 Å². The fourth-order valence-corrected chi connectivity index (χ4v) is 4.50. The SMILES string of the molecule is COc1cc(C=Nn2c(-c3cc4ccccc4o3)nc3ccccc3c2=O)ccc1OCc1ccc(Br)cc1. The number of methoxy groups -OCH3 is 1. The van der Waals surface area contributed by atoms with E-state index in [2.05, 4.69) is 21.0 Å². The molecule has 0 amide bonds. The summed E-state index contributed by atoms with van der Waals surface area (Å²) in [6, 6.07) is 30.1. The smallest absolute Gasteiger partial charge is 0.282 e. The molecular weight excluding hydrogens is 558 g/mol. The van der Waals surface area contributed by atoms with Crippen molar-refractivity contribution in [2.45, 2.75) is 6.61 Å². The van der Waals surface area contributed by atoms with Crippen molar-refractivity contribution in [3.05, 3.63) is 123 Å². The zero-order valence-electron chi connectivity index (χ0n) is 20.9. The lowest BCUT2D eigenvalue weighted by Gasteiger charge is -2.11. The van der Waals surface area contributed by atoms with Crippen molar-refractivity contribution in [3.8, 4) is 23.1 Å². The first-order valence-corrected chi connectivity index (χ1v) is 13.0. The predicted octanol–water partition coefficient (Wildman–Crippen LogP) is 7.04. The van der Waals surface area contributed by atoms with Gasteiger partial charge >= 0.3 is 0 Å². The quantitative estimate of drug-likeness (QED) is 0.189. The highest BCUT2D eigenvalue weighted by Crippen LogP contribution is 2.29. The molecule has 7 nitrogen and oxygen atoms in total. The molecule has 0 atom stereocenters. The van der Waals surface area contributed by atoms with Gasteiger partial charge in [-0.2, -0.15) is 9.78 Å². The molecule has 0 fully saturated rings. The van der Waals surface area contributed by atoms with Crippen molar-refractivity contribution in [2.75, 3.05) is 7.11 Å². The first-order valence-electron chi connectivity index (χ1n) is 12.2. The maximum Gasteiger partial charge on any atom is 0.282 e. The Morgan fingerprint density at radius 1 is 0.949 bits per heavy atom. The number of halogens is 1. The lowest BCUT2D eigenvalue weighted by atomic mass is 10.2. The molecule has 0 radical (unpaired) electrons. The maximum atomic E-state index is 13.5. The van der Waals surface area contributed by atoms with Crippen molar-refractivity contribution < 1.29 is 13.9 Å². The summed E-state index contributed by atoms with van der Waals surface area (Å²) in [5.41, 5.74) is 2.73. The van der Waals surface area contributed by atoms with Crippen molar-refractivity contribution in [1.29, 1.82) is 0 Å². The molecule has 4 aromatic carbocycles. The molecule has 2 heterocycles. The van der Waals surface area contributed by atoms with Gasteiger partial charge in [-0.1, -0.05) is 58.4 Å². The lowest BCUT2D eigenvalue weighted by Crippen LogP contribution is -2.20. The van der Waals surface area contributed by atoms with Crippen LogP contribution in [0.5, 0.6) is 11.5 Å². The minimum Gasteiger partial charge on any atom is -0.493 e. The normalized spacial score (nSPS) is 11.4. The maximum absolute atomic E-state index is 13.5. The third kappa shape index (κ3) is 5.06. The van der Waals surface area contributed by atoms with Crippen molar-refractivity contribution in [3.63, 3.8) is 0 Å². The summed E-state index contributed by atoms with van der Waals surface area (Å²) < 4.78 is 19.9. The third-order valence-electron chi connectivity index (χ3n) is 6.22. The number of hydrogen-bond donors (Lipinski definition) is 0. The molecule has 0 spiro atoms. The molecule has 6 rings (SSSR count). The molecule has 0 aliphatic rings. The topological polar surface area (TPSA) is 78.9 Å². The van der Waals surface area contributed by atoms with Gasteiger partial charge in [0.25, 0.3) is 5.56 Å². The summed E-state index contributed by atoms with van der Waals surface area (Å²) >= 11 is 3.44. The van der Waals surface area contributed by atoms with E-state index in [0.29, 0.717) is 46.2 Å². The van der Waals surface area contributed by atoms with Gasteiger partial charge in [-0.05, 0) is 65.7 Å². The first kappa shape index (κ1) is 24.6. The number of benzene rings is 4. The third-order valence-corrected chi connectivity index (χ3v) is 6.75. The fraction of sp³-hybridized carbons (Fsp3) is 0.0645. The van der Waals surface area contributed by atoms with E-state index in [9.17, 15) is 4.79 Å². The Labute approximate surface area is 232 Å². The molecule has 0 aliphatic carbocycles. The number of nitrogens with zero attached hydrogens (tertiary/aromatic N) is 3. The Bertz CT molecular complexity index is 1860. The zero-order valence-corrected chi connectivity index (χ0v) is 22.5. The number of fused-ring (bicyclic) bond motifs is 2. The van der Waals surface area contributed by atoms with Crippen LogP contribution in [-0.4, -0.2) is 23.0 Å². The molecule has 0 N–H and O–H groups in total. The Balaban J connectivity index is 1.36. The van der Waals surface area contributed by atoms with Crippen LogP contribution in [0.15, 0.2) is 116 Å². The summed E-state index contributed by atoms with van der Waals surface area (Å²) in [5.74, 6) is 1.92. The second-order valence-corrected chi connectivity index (χ2v) is 9.70. The highest BCUT2D eigenvalue weighted by atomic mass is 79.9. The van der Waals surface area contributed by atoms with Crippen LogP contribution in [0.4, 0.5) is 0 Å². The Kier molecular flexibility index (Phi) is 6.69. The molecule has 0 saturated heterocycles. The average molecular weight is 580 g/mol. The highest BCUT2D eigenvalue weighted by Gasteiger charge is 2.16. The largest absolute Gasteiger partial charge is 0.493 e. The van der Waals surface area contributed by atoms with Gasteiger partial charge in [0.2, 0.25) is 5.82 Å². The number of para-hydroxylation sites is 2. The van der Waals surface area contributed by atoms with Gasteiger partial charge in [0, 0.05) is 9.86 Å². The molecule has 0 bridgehead atoms. The van der Waals surface area contributed by atoms with E-state index < -0.39 is 0 Å². The summed E-state index contributed by atoms with van der Waals surface area (Å²) in [4.78, 5) is 18.2. The molecule has 192 valence electrons. The van der Waals surface area contributed by atoms with E-state index in [1.807, 2.05) is 72.8 Å². The summed E-state index contributed by atoms with van der Waals surface area (Å²) in [6.45, 7) is 0.399. The monoisotopic (exact) mass is 579 g/mol. The van der Waals surface area contributed by atoms with E-state index in [-0.39, 0.29) is 5.56 Å². The number of ether oxygens (including phenoxy) is 2. The van der Waals surface area contributed by atoms with Gasteiger partial charge < -0.3 is 13.9 Å². The number of hydrogen-bond acceptors (Lipinski definition) is 6. The van der Waals surface area contributed by atoms with Crippen LogP contribution in [-0.2, 0) is 6.61 Å². The van der Waals surface area contributed by atoms with Gasteiger partial charge in [0.15, 0.2) is 17.3 Å². The zero-order chi connectivity index (χ0) is 26.8. The fourth-order valence-electron chi connectivity index (χ4n) is 4.23. The van der Waals surface area contributed by atoms with E-state index in [1.54, 1.807) is 37.6 Å². The summed E-state index contributed by atoms with van der Waals surface area (Å²) in [6.07, 6.45) is 1.59. The molecule has 39 heavy (non-hydrogen) atoms. The molecule has 8 heteroatoms. The van der Waals surface area contributed by atoms with Crippen molar-refractivity contribution >= 4 is 44.0 Å².